The molecule has 1 unspecified atom stereocenters. The Kier molecular flexibility index (Phi) is 4.88. The van der Waals surface area contributed by atoms with Gasteiger partial charge in [-0.1, -0.05) is 25.1 Å². The molecule has 0 saturated carbocycles. The van der Waals surface area contributed by atoms with Crippen molar-refractivity contribution in [3.8, 4) is 11.5 Å². The predicted molar refractivity (Wildman–Crippen MR) is 96.9 cm³/mol. The normalized spacial score (nSPS) is 12.2. The monoisotopic (exact) mass is 339 g/mol. The van der Waals surface area contributed by atoms with Gasteiger partial charge in [0.1, 0.15) is 11.5 Å². The molecule has 3 rings (SSSR count). The van der Waals surface area contributed by atoms with Crippen LogP contribution >= 0.6 is 0 Å². The first-order valence-corrected chi connectivity index (χ1v) is 8.30. The Morgan fingerprint density at radius 1 is 1.24 bits per heavy atom. The highest BCUT2D eigenvalue weighted by Crippen LogP contribution is 2.31. The lowest BCUT2D eigenvalue weighted by molar-refractivity contribution is -0.137. The lowest BCUT2D eigenvalue weighted by atomic mass is 10.1. The smallest absolute Gasteiger partial charge is 0.303 e. The molecule has 0 aliphatic heterocycles. The van der Waals surface area contributed by atoms with E-state index in [2.05, 4.69) is 4.98 Å². The summed E-state index contributed by atoms with van der Waals surface area (Å²) in [7, 11) is 0. The number of benzene rings is 2. The molecule has 1 aromatic heterocycles. The number of nitrogens with two attached hydrogens (primary N) is 1. The highest BCUT2D eigenvalue weighted by Gasteiger charge is 2.18. The van der Waals surface area contributed by atoms with Crippen LogP contribution in [0.5, 0.6) is 11.5 Å². The first-order valence-electron chi connectivity index (χ1n) is 8.30. The van der Waals surface area contributed by atoms with Crippen LogP contribution in [0.4, 0.5) is 5.95 Å². The number of nitrogen functional groups attached to an aromatic ring is 1. The summed E-state index contributed by atoms with van der Waals surface area (Å²) in [5.41, 5.74) is 7.72. The van der Waals surface area contributed by atoms with Gasteiger partial charge in [-0.15, -0.1) is 0 Å². The Balaban J connectivity index is 1.96. The van der Waals surface area contributed by atoms with Crippen molar-refractivity contribution in [3.63, 3.8) is 0 Å². The number of nitrogens with zero attached hydrogens (tertiary/aromatic N) is 2. The van der Waals surface area contributed by atoms with Gasteiger partial charge in [0.25, 0.3) is 0 Å². The third-order valence-corrected chi connectivity index (χ3v) is 4.19. The third kappa shape index (κ3) is 3.74. The molecule has 0 spiro atoms. The molecule has 0 amide bonds. The molecule has 3 N–H and O–H groups in total. The number of fused-ring (bicyclic) bond motifs is 1. The minimum atomic E-state index is -0.811. The number of aromatic nitrogens is 2. The molecule has 6 heteroatoms. The van der Waals surface area contributed by atoms with E-state index in [9.17, 15) is 4.79 Å². The van der Waals surface area contributed by atoms with Gasteiger partial charge in [-0.2, -0.15) is 0 Å². The highest BCUT2D eigenvalue weighted by molar-refractivity contribution is 5.80. The largest absolute Gasteiger partial charge is 0.481 e. The lowest BCUT2D eigenvalue weighted by Gasteiger charge is -2.18. The zero-order chi connectivity index (χ0) is 17.8. The molecule has 1 atom stereocenters. The van der Waals surface area contributed by atoms with Crippen LogP contribution in [0.15, 0.2) is 48.5 Å². The number of anilines is 1. The van der Waals surface area contributed by atoms with Crippen LogP contribution < -0.4 is 10.5 Å². The Morgan fingerprint density at radius 3 is 2.68 bits per heavy atom. The molecule has 0 aliphatic carbocycles. The zero-order valence-electron chi connectivity index (χ0n) is 14.1. The van der Waals surface area contributed by atoms with Gasteiger partial charge in [-0.25, -0.2) is 4.98 Å². The summed E-state index contributed by atoms with van der Waals surface area (Å²) in [6.45, 7) is 2.02. The number of rotatable bonds is 7. The van der Waals surface area contributed by atoms with E-state index in [0.29, 0.717) is 18.1 Å². The first-order chi connectivity index (χ1) is 12.1. The van der Waals surface area contributed by atoms with Crippen LogP contribution in [0.1, 0.15) is 32.2 Å². The van der Waals surface area contributed by atoms with Crippen molar-refractivity contribution < 1.29 is 14.6 Å². The molecule has 0 radical (unpaired) electrons. The molecule has 1 heterocycles. The van der Waals surface area contributed by atoms with Crippen LogP contribution in [-0.4, -0.2) is 20.6 Å². The minimum Gasteiger partial charge on any atom is -0.481 e. The number of carboxylic acid groups (broad SMARTS) is 1. The van der Waals surface area contributed by atoms with Crippen molar-refractivity contribution in [2.24, 2.45) is 0 Å². The van der Waals surface area contributed by atoms with Gasteiger partial charge in [0.15, 0.2) is 0 Å². The highest BCUT2D eigenvalue weighted by atomic mass is 16.5. The second-order valence-corrected chi connectivity index (χ2v) is 5.90. The summed E-state index contributed by atoms with van der Waals surface area (Å²) in [5, 5.41) is 8.97. The fourth-order valence-electron chi connectivity index (χ4n) is 2.97. The molecule has 0 saturated heterocycles. The van der Waals surface area contributed by atoms with Crippen LogP contribution in [0.3, 0.4) is 0 Å². The fourth-order valence-corrected chi connectivity index (χ4v) is 2.97. The molecule has 0 bridgehead atoms. The molecule has 0 fully saturated rings. The van der Waals surface area contributed by atoms with Crippen molar-refractivity contribution in [2.75, 3.05) is 5.73 Å². The second-order valence-electron chi connectivity index (χ2n) is 5.90. The maximum Gasteiger partial charge on any atom is 0.303 e. The van der Waals surface area contributed by atoms with Crippen molar-refractivity contribution in [2.45, 2.75) is 32.2 Å². The zero-order valence-corrected chi connectivity index (χ0v) is 14.1. The Labute approximate surface area is 145 Å². The summed E-state index contributed by atoms with van der Waals surface area (Å²) < 4.78 is 7.80. The second kappa shape index (κ2) is 7.25. The Bertz CT molecular complexity index is 874. The number of hydrogen-bond acceptors (Lipinski definition) is 4. The average molecular weight is 339 g/mol. The number of hydrogen-bond donors (Lipinski definition) is 2. The first kappa shape index (κ1) is 16.8. The van der Waals surface area contributed by atoms with E-state index in [-0.39, 0.29) is 12.5 Å². The molecule has 25 heavy (non-hydrogen) atoms. The summed E-state index contributed by atoms with van der Waals surface area (Å²) >= 11 is 0. The standard InChI is InChI=1S/C19H21N3O3/c1-2-13(8-11-18(23)24)22-17-12-15(9-10-16(17)21-19(22)20)25-14-6-4-3-5-7-14/h3-7,9-10,12-13H,2,8,11H2,1H3,(H2,20,21)(H,23,24). The number of carboxylic acids is 1. The molecule has 3 aromatic rings. The van der Waals surface area contributed by atoms with Crippen molar-refractivity contribution in [1.29, 1.82) is 0 Å². The van der Waals surface area contributed by atoms with Gasteiger partial charge >= 0.3 is 5.97 Å². The van der Waals surface area contributed by atoms with Crippen LogP contribution in [0.25, 0.3) is 11.0 Å². The van der Waals surface area contributed by atoms with Crippen LogP contribution in [-0.2, 0) is 4.79 Å². The van der Waals surface area contributed by atoms with Crippen molar-refractivity contribution in [1.82, 2.24) is 9.55 Å². The summed E-state index contributed by atoms with van der Waals surface area (Å²) in [5.74, 6) is 1.02. The summed E-state index contributed by atoms with van der Waals surface area (Å²) in [6.07, 6.45) is 1.37. The summed E-state index contributed by atoms with van der Waals surface area (Å²) in [6, 6.07) is 15.1. The molecule has 130 valence electrons. The van der Waals surface area contributed by atoms with E-state index in [0.717, 1.165) is 23.2 Å². The fraction of sp³-hybridized carbons (Fsp3) is 0.263. The van der Waals surface area contributed by atoms with E-state index in [1.165, 1.54) is 0 Å². The topological polar surface area (TPSA) is 90.4 Å². The van der Waals surface area contributed by atoms with E-state index in [1.54, 1.807) is 0 Å². The molecule has 0 aliphatic rings. The van der Waals surface area contributed by atoms with Gasteiger partial charge in [0.2, 0.25) is 5.95 Å². The predicted octanol–water partition coefficient (Wildman–Crippen LogP) is 4.23. The van der Waals surface area contributed by atoms with Crippen LogP contribution in [0, 0.1) is 0 Å². The number of imidazole rings is 1. The molecule has 6 nitrogen and oxygen atoms in total. The van der Waals surface area contributed by atoms with Gasteiger partial charge in [-0.3, -0.25) is 4.79 Å². The van der Waals surface area contributed by atoms with Crippen LogP contribution in [0.2, 0.25) is 0 Å². The van der Waals surface area contributed by atoms with E-state index in [4.69, 9.17) is 15.6 Å². The quantitative estimate of drug-likeness (QED) is 0.672. The Morgan fingerprint density at radius 2 is 2.00 bits per heavy atom. The number of para-hydroxylation sites is 1. The number of aliphatic carboxylic acids is 1. The van der Waals surface area contributed by atoms with Gasteiger partial charge < -0.3 is 20.1 Å². The maximum absolute atomic E-state index is 10.9. The van der Waals surface area contributed by atoms with Gasteiger partial charge in [0.05, 0.1) is 11.0 Å². The van der Waals surface area contributed by atoms with Crippen molar-refractivity contribution >= 4 is 23.0 Å². The minimum absolute atomic E-state index is 0.0203. The average Bonchev–Trinajstić information content (AvgIpc) is 2.92. The summed E-state index contributed by atoms with van der Waals surface area (Å²) in [4.78, 5) is 15.3. The molecular formula is C19H21N3O3. The third-order valence-electron chi connectivity index (χ3n) is 4.19. The number of carbonyl (C=O) groups is 1. The van der Waals surface area contributed by atoms with Gasteiger partial charge in [-0.05, 0) is 37.1 Å². The maximum atomic E-state index is 10.9. The van der Waals surface area contributed by atoms with E-state index < -0.39 is 5.97 Å². The van der Waals surface area contributed by atoms with E-state index >= 15 is 0 Å². The number of ether oxygens (including phenoxy) is 1. The Hall–Kier alpha value is -3.02. The van der Waals surface area contributed by atoms with Gasteiger partial charge in [0, 0.05) is 18.5 Å². The SMILES string of the molecule is CCC(CCC(=O)O)n1c(N)nc2ccc(Oc3ccccc3)cc21. The molecular weight excluding hydrogens is 318 g/mol. The lowest BCUT2D eigenvalue weighted by Crippen LogP contribution is -2.13. The van der Waals surface area contributed by atoms with E-state index in [1.807, 2.05) is 60.0 Å². The van der Waals surface area contributed by atoms with Crippen molar-refractivity contribution in [3.05, 3.63) is 48.5 Å². The molecule has 2 aromatic carbocycles.